The Balaban J connectivity index is 1.71. The SMILES string of the molecule is Cc1cc(-n2nc(C)c(-c3ccc(C#N)cc3)c2O)ncc1SC1CC1. The average Bonchev–Trinajstić information content (AvgIpc) is 3.41. The van der Waals surface area contributed by atoms with E-state index in [2.05, 4.69) is 23.1 Å². The molecule has 0 saturated heterocycles. The van der Waals surface area contributed by atoms with Crippen LogP contribution in [-0.2, 0) is 0 Å². The maximum absolute atomic E-state index is 10.7. The van der Waals surface area contributed by atoms with E-state index in [1.807, 2.05) is 43.1 Å². The third-order valence-corrected chi connectivity index (χ3v) is 5.91. The second-order valence-corrected chi connectivity index (χ2v) is 7.85. The van der Waals surface area contributed by atoms with Crippen LogP contribution in [-0.4, -0.2) is 25.1 Å². The van der Waals surface area contributed by atoms with Crippen molar-refractivity contribution in [1.29, 1.82) is 5.26 Å². The number of hydrogen-bond donors (Lipinski definition) is 1. The first-order valence-electron chi connectivity index (χ1n) is 8.49. The highest BCUT2D eigenvalue weighted by atomic mass is 32.2. The van der Waals surface area contributed by atoms with Crippen LogP contribution in [0.15, 0.2) is 41.4 Å². The van der Waals surface area contributed by atoms with E-state index in [9.17, 15) is 5.11 Å². The van der Waals surface area contributed by atoms with Crippen molar-refractivity contribution in [3.05, 3.63) is 53.3 Å². The highest BCUT2D eigenvalue weighted by molar-refractivity contribution is 8.00. The number of aryl methyl sites for hydroxylation is 2. The van der Waals surface area contributed by atoms with Crippen LogP contribution in [0.3, 0.4) is 0 Å². The molecule has 1 aliphatic rings. The van der Waals surface area contributed by atoms with Gasteiger partial charge in [0, 0.05) is 16.3 Å². The summed E-state index contributed by atoms with van der Waals surface area (Å²) in [5.41, 5.74) is 3.91. The molecule has 1 aromatic carbocycles. The van der Waals surface area contributed by atoms with Crippen LogP contribution in [0.25, 0.3) is 16.9 Å². The third kappa shape index (κ3) is 3.06. The summed E-state index contributed by atoms with van der Waals surface area (Å²) in [4.78, 5) is 5.69. The zero-order valence-corrected chi connectivity index (χ0v) is 15.4. The lowest BCUT2D eigenvalue weighted by molar-refractivity contribution is 0.433. The zero-order valence-electron chi connectivity index (χ0n) is 14.6. The largest absolute Gasteiger partial charge is 0.493 e. The molecule has 0 spiro atoms. The number of benzene rings is 1. The molecule has 0 atom stereocenters. The first kappa shape index (κ1) is 16.7. The number of aromatic hydroxyl groups is 1. The number of nitriles is 1. The molecule has 4 rings (SSSR count). The number of hydrogen-bond acceptors (Lipinski definition) is 5. The third-order valence-electron chi connectivity index (χ3n) is 4.42. The Morgan fingerprint density at radius 3 is 2.58 bits per heavy atom. The Morgan fingerprint density at radius 1 is 1.23 bits per heavy atom. The fourth-order valence-corrected chi connectivity index (χ4v) is 3.95. The smallest absolute Gasteiger partial charge is 0.223 e. The van der Waals surface area contributed by atoms with Gasteiger partial charge in [0.25, 0.3) is 0 Å². The van der Waals surface area contributed by atoms with Crippen molar-refractivity contribution in [1.82, 2.24) is 14.8 Å². The molecule has 6 heteroatoms. The topological polar surface area (TPSA) is 74.7 Å². The second kappa shape index (κ2) is 6.50. The fourth-order valence-electron chi connectivity index (χ4n) is 2.86. The van der Waals surface area contributed by atoms with E-state index >= 15 is 0 Å². The van der Waals surface area contributed by atoms with Crippen LogP contribution >= 0.6 is 11.8 Å². The minimum absolute atomic E-state index is 0.0571. The Bertz CT molecular complexity index is 1010. The normalized spacial score (nSPS) is 13.6. The van der Waals surface area contributed by atoms with E-state index in [-0.39, 0.29) is 5.88 Å². The number of aromatic nitrogens is 3. The van der Waals surface area contributed by atoms with Gasteiger partial charge in [-0.05, 0) is 56.0 Å². The molecule has 130 valence electrons. The average molecular weight is 362 g/mol. The molecule has 0 radical (unpaired) electrons. The van der Waals surface area contributed by atoms with Crippen molar-refractivity contribution < 1.29 is 5.11 Å². The maximum Gasteiger partial charge on any atom is 0.223 e. The molecule has 0 bridgehead atoms. The molecular formula is C20H18N4OS. The lowest BCUT2D eigenvalue weighted by Gasteiger charge is -2.08. The highest BCUT2D eigenvalue weighted by Gasteiger charge is 2.24. The first-order valence-corrected chi connectivity index (χ1v) is 9.37. The fraction of sp³-hybridized carbons (Fsp3) is 0.250. The Morgan fingerprint density at radius 2 is 1.96 bits per heavy atom. The minimum Gasteiger partial charge on any atom is -0.493 e. The number of rotatable bonds is 4. The lowest BCUT2D eigenvalue weighted by atomic mass is 10.0. The van der Waals surface area contributed by atoms with Crippen molar-refractivity contribution >= 4 is 11.8 Å². The van der Waals surface area contributed by atoms with Gasteiger partial charge in [0.15, 0.2) is 5.82 Å². The zero-order chi connectivity index (χ0) is 18.3. The maximum atomic E-state index is 10.7. The Kier molecular flexibility index (Phi) is 4.17. The van der Waals surface area contributed by atoms with Gasteiger partial charge in [-0.25, -0.2) is 4.98 Å². The van der Waals surface area contributed by atoms with Crippen molar-refractivity contribution in [2.45, 2.75) is 36.8 Å². The highest BCUT2D eigenvalue weighted by Crippen LogP contribution is 2.40. The summed E-state index contributed by atoms with van der Waals surface area (Å²) in [7, 11) is 0. The molecule has 26 heavy (non-hydrogen) atoms. The molecule has 2 aromatic heterocycles. The van der Waals surface area contributed by atoms with Gasteiger partial charge in [0.05, 0.1) is 22.9 Å². The van der Waals surface area contributed by atoms with Crippen LogP contribution in [0.5, 0.6) is 5.88 Å². The number of pyridine rings is 1. The van der Waals surface area contributed by atoms with E-state index in [0.29, 0.717) is 22.6 Å². The van der Waals surface area contributed by atoms with Gasteiger partial charge in [-0.3, -0.25) is 0 Å². The van der Waals surface area contributed by atoms with Crippen molar-refractivity contribution in [3.8, 4) is 28.9 Å². The van der Waals surface area contributed by atoms with Gasteiger partial charge in [-0.1, -0.05) is 12.1 Å². The van der Waals surface area contributed by atoms with Gasteiger partial charge in [-0.15, -0.1) is 11.8 Å². The summed E-state index contributed by atoms with van der Waals surface area (Å²) in [6.07, 6.45) is 4.42. The van der Waals surface area contributed by atoms with Crippen LogP contribution in [0.2, 0.25) is 0 Å². The molecule has 1 fully saturated rings. The molecule has 1 N–H and O–H groups in total. The van der Waals surface area contributed by atoms with E-state index in [0.717, 1.165) is 16.4 Å². The van der Waals surface area contributed by atoms with E-state index in [1.54, 1.807) is 12.1 Å². The molecule has 1 saturated carbocycles. The van der Waals surface area contributed by atoms with E-state index in [4.69, 9.17) is 5.26 Å². The predicted molar refractivity (Wildman–Crippen MR) is 102 cm³/mol. The lowest BCUT2D eigenvalue weighted by Crippen LogP contribution is -2.00. The van der Waals surface area contributed by atoms with Gasteiger partial charge in [0.2, 0.25) is 5.88 Å². The quantitative estimate of drug-likeness (QED) is 0.745. The molecule has 0 unspecified atom stereocenters. The summed E-state index contributed by atoms with van der Waals surface area (Å²) in [6, 6.07) is 11.2. The van der Waals surface area contributed by atoms with Crippen LogP contribution in [0.4, 0.5) is 0 Å². The Labute approximate surface area is 156 Å². The minimum atomic E-state index is 0.0571. The van der Waals surface area contributed by atoms with Crippen molar-refractivity contribution in [2.24, 2.45) is 0 Å². The predicted octanol–water partition coefficient (Wildman–Crippen LogP) is 4.38. The standard InChI is InChI=1S/C20H18N4OS/c1-12-9-18(22-11-17(12)26-16-7-8-16)24-20(25)19(13(2)23-24)15-5-3-14(10-21)4-6-15/h3-6,9,11,16,25H,7-8H2,1-2H3. The van der Waals surface area contributed by atoms with Gasteiger partial charge in [-0.2, -0.15) is 15.0 Å². The summed E-state index contributed by atoms with van der Waals surface area (Å²) in [6.45, 7) is 3.92. The van der Waals surface area contributed by atoms with Gasteiger partial charge in [0.1, 0.15) is 0 Å². The molecular weight excluding hydrogens is 344 g/mol. The van der Waals surface area contributed by atoms with Crippen molar-refractivity contribution in [3.63, 3.8) is 0 Å². The van der Waals surface area contributed by atoms with Gasteiger partial charge < -0.3 is 5.11 Å². The number of nitrogens with zero attached hydrogens (tertiary/aromatic N) is 4. The second-order valence-electron chi connectivity index (χ2n) is 6.51. The number of thioether (sulfide) groups is 1. The van der Waals surface area contributed by atoms with E-state index < -0.39 is 0 Å². The summed E-state index contributed by atoms with van der Waals surface area (Å²) in [5, 5.41) is 24.9. The molecule has 0 aliphatic heterocycles. The van der Waals surface area contributed by atoms with Crippen molar-refractivity contribution in [2.75, 3.05) is 0 Å². The summed E-state index contributed by atoms with van der Waals surface area (Å²) in [5.74, 6) is 0.657. The monoisotopic (exact) mass is 362 g/mol. The molecule has 3 aromatic rings. The van der Waals surface area contributed by atoms with E-state index in [1.165, 1.54) is 22.4 Å². The molecule has 0 amide bonds. The first-order chi connectivity index (χ1) is 12.6. The molecule has 2 heterocycles. The molecule has 5 nitrogen and oxygen atoms in total. The Hall–Kier alpha value is -2.78. The van der Waals surface area contributed by atoms with Crippen LogP contribution < -0.4 is 0 Å². The van der Waals surface area contributed by atoms with Gasteiger partial charge >= 0.3 is 0 Å². The van der Waals surface area contributed by atoms with Crippen LogP contribution in [0.1, 0.15) is 29.7 Å². The summed E-state index contributed by atoms with van der Waals surface area (Å²) >= 11 is 1.87. The summed E-state index contributed by atoms with van der Waals surface area (Å²) < 4.78 is 1.47. The van der Waals surface area contributed by atoms with Crippen LogP contribution in [0, 0.1) is 25.2 Å². The molecule has 1 aliphatic carbocycles.